The maximum atomic E-state index is 13.7. The Morgan fingerprint density at radius 3 is 2.71 bits per heavy atom. The first kappa shape index (κ1) is 15.0. The van der Waals surface area contributed by atoms with Crippen molar-refractivity contribution in [3.05, 3.63) is 65.0 Å². The molecule has 4 nitrogen and oxygen atoms in total. The molecule has 0 unspecified atom stereocenters. The number of benzene rings is 2. The minimum atomic E-state index is -0.372. The summed E-state index contributed by atoms with van der Waals surface area (Å²) in [4.78, 5) is 11.8. The SMILES string of the molecule is Cc1cccc(NC(=O)NCc2ccc(CN)cc2F)c1. The lowest BCUT2D eigenvalue weighted by molar-refractivity contribution is 0.251. The summed E-state index contributed by atoms with van der Waals surface area (Å²) in [5.41, 5.74) is 8.34. The number of carbonyl (C=O) groups excluding carboxylic acids is 1. The van der Waals surface area contributed by atoms with Gasteiger partial charge >= 0.3 is 6.03 Å². The molecule has 2 aromatic carbocycles. The first-order valence-corrected chi connectivity index (χ1v) is 6.67. The molecule has 2 rings (SSSR count). The average Bonchev–Trinajstić information content (AvgIpc) is 2.46. The lowest BCUT2D eigenvalue weighted by Crippen LogP contribution is -2.28. The fraction of sp³-hybridized carbons (Fsp3) is 0.188. The Hall–Kier alpha value is -2.40. The summed E-state index contributed by atoms with van der Waals surface area (Å²) >= 11 is 0. The molecule has 2 aromatic rings. The number of halogens is 1. The summed E-state index contributed by atoms with van der Waals surface area (Å²) in [5.74, 6) is -0.367. The Morgan fingerprint density at radius 2 is 2.05 bits per heavy atom. The molecule has 4 N–H and O–H groups in total. The molecule has 0 aromatic heterocycles. The van der Waals surface area contributed by atoms with Gasteiger partial charge in [0.25, 0.3) is 0 Å². The van der Waals surface area contributed by atoms with Crippen molar-refractivity contribution in [3.63, 3.8) is 0 Å². The molecule has 0 aliphatic heterocycles. The number of aryl methyl sites for hydroxylation is 1. The van der Waals surface area contributed by atoms with Crippen LogP contribution in [0.1, 0.15) is 16.7 Å². The minimum absolute atomic E-state index is 0.119. The molecule has 0 saturated carbocycles. The van der Waals surface area contributed by atoms with E-state index in [1.807, 2.05) is 25.1 Å². The van der Waals surface area contributed by atoms with Crippen molar-refractivity contribution in [2.45, 2.75) is 20.0 Å². The Kier molecular flexibility index (Phi) is 4.90. The maximum absolute atomic E-state index is 13.7. The normalized spacial score (nSPS) is 10.2. The van der Waals surface area contributed by atoms with Gasteiger partial charge < -0.3 is 16.4 Å². The molecular weight excluding hydrogens is 269 g/mol. The molecule has 0 bridgehead atoms. The highest BCUT2D eigenvalue weighted by Crippen LogP contribution is 2.11. The number of nitrogens with two attached hydrogens (primary N) is 1. The maximum Gasteiger partial charge on any atom is 0.319 e. The van der Waals surface area contributed by atoms with Crippen molar-refractivity contribution in [1.82, 2.24) is 5.32 Å². The molecular formula is C16H18FN3O. The van der Waals surface area contributed by atoms with Gasteiger partial charge in [-0.2, -0.15) is 0 Å². The van der Waals surface area contributed by atoms with Gasteiger partial charge in [0.05, 0.1) is 0 Å². The van der Waals surface area contributed by atoms with E-state index in [2.05, 4.69) is 10.6 Å². The number of carbonyl (C=O) groups is 1. The second-order valence-corrected chi connectivity index (χ2v) is 4.81. The van der Waals surface area contributed by atoms with E-state index >= 15 is 0 Å². The number of hydrogen-bond acceptors (Lipinski definition) is 2. The minimum Gasteiger partial charge on any atom is -0.334 e. The van der Waals surface area contributed by atoms with Crippen LogP contribution in [0.2, 0.25) is 0 Å². The van der Waals surface area contributed by atoms with E-state index in [9.17, 15) is 9.18 Å². The Balaban J connectivity index is 1.92. The topological polar surface area (TPSA) is 67.2 Å². The van der Waals surface area contributed by atoms with Gasteiger partial charge in [0.15, 0.2) is 0 Å². The van der Waals surface area contributed by atoms with Gasteiger partial charge in [-0.25, -0.2) is 9.18 Å². The zero-order valence-electron chi connectivity index (χ0n) is 11.8. The van der Waals surface area contributed by atoms with Crippen LogP contribution in [-0.2, 0) is 13.1 Å². The molecule has 0 heterocycles. The third-order valence-corrected chi connectivity index (χ3v) is 3.07. The van der Waals surface area contributed by atoms with Crippen molar-refractivity contribution in [1.29, 1.82) is 0 Å². The molecule has 0 aliphatic carbocycles. The van der Waals surface area contributed by atoms with E-state index in [4.69, 9.17) is 5.73 Å². The number of amides is 2. The molecule has 5 heteroatoms. The lowest BCUT2D eigenvalue weighted by Gasteiger charge is -2.09. The summed E-state index contributed by atoms with van der Waals surface area (Å²) in [6, 6.07) is 11.8. The van der Waals surface area contributed by atoms with Crippen LogP contribution in [0.25, 0.3) is 0 Å². The highest BCUT2D eigenvalue weighted by atomic mass is 19.1. The zero-order chi connectivity index (χ0) is 15.2. The number of urea groups is 1. The first-order valence-electron chi connectivity index (χ1n) is 6.67. The van der Waals surface area contributed by atoms with Crippen LogP contribution in [0.3, 0.4) is 0 Å². The standard InChI is InChI=1S/C16H18FN3O/c1-11-3-2-4-14(7-11)20-16(21)19-10-13-6-5-12(9-18)8-15(13)17/h2-8H,9-10,18H2,1H3,(H2,19,20,21). The third-order valence-electron chi connectivity index (χ3n) is 3.07. The molecule has 0 aliphatic rings. The van der Waals surface area contributed by atoms with Crippen LogP contribution < -0.4 is 16.4 Å². The Bertz CT molecular complexity index is 643. The van der Waals surface area contributed by atoms with Crippen molar-refractivity contribution in [3.8, 4) is 0 Å². The summed E-state index contributed by atoms with van der Waals surface area (Å²) in [7, 11) is 0. The van der Waals surface area contributed by atoms with Crippen LogP contribution >= 0.6 is 0 Å². The summed E-state index contributed by atoms with van der Waals surface area (Å²) in [6.45, 7) is 2.35. The van der Waals surface area contributed by atoms with Crippen molar-refractivity contribution >= 4 is 11.7 Å². The molecule has 0 saturated heterocycles. The lowest BCUT2D eigenvalue weighted by atomic mass is 10.1. The highest BCUT2D eigenvalue weighted by molar-refractivity contribution is 5.89. The molecule has 0 atom stereocenters. The van der Waals surface area contributed by atoms with E-state index in [0.717, 1.165) is 11.1 Å². The van der Waals surface area contributed by atoms with E-state index in [0.29, 0.717) is 17.8 Å². The van der Waals surface area contributed by atoms with Crippen LogP contribution in [0.15, 0.2) is 42.5 Å². The van der Waals surface area contributed by atoms with Gasteiger partial charge in [-0.1, -0.05) is 24.3 Å². The fourth-order valence-electron chi connectivity index (χ4n) is 1.93. The van der Waals surface area contributed by atoms with E-state index in [1.54, 1.807) is 18.2 Å². The molecule has 0 radical (unpaired) electrons. The van der Waals surface area contributed by atoms with Gasteiger partial charge in [0, 0.05) is 24.3 Å². The summed E-state index contributed by atoms with van der Waals surface area (Å²) in [5, 5.41) is 5.33. The van der Waals surface area contributed by atoms with E-state index in [-0.39, 0.29) is 18.4 Å². The number of hydrogen-bond donors (Lipinski definition) is 3. The number of anilines is 1. The monoisotopic (exact) mass is 287 g/mol. The average molecular weight is 287 g/mol. The van der Waals surface area contributed by atoms with Gasteiger partial charge in [-0.15, -0.1) is 0 Å². The number of nitrogens with one attached hydrogen (secondary N) is 2. The van der Waals surface area contributed by atoms with Gasteiger partial charge in [0.2, 0.25) is 0 Å². The van der Waals surface area contributed by atoms with Crippen LogP contribution in [0.5, 0.6) is 0 Å². The van der Waals surface area contributed by atoms with Crippen molar-refractivity contribution < 1.29 is 9.18 Å². The Labute approximate surface area is 123 Å². The first-order chi connectivity index (χ1) is 10.1. The Morgan fingerprint density at radius 1 is 1.24 bits per heavy atom. The summed E-state index contributed by atoms with van der Waals surface area (Å²) in [6.07, 6.45) is 0. The van der Waals surface area contributed by atoms with Crippen LogP contribution in [0.4, 0.5) is 14.9 Å². The van der Waals surface area contributed by atoms with Gasteiger partial charge in [-0.05, 0) is 36.2 Å². The summed E-state index contributed by atoms with van der Waals surface area (Å²) < 4.78 is 13.7. The van der Waals surface area contributed by atoms with Crippen molar-refractivity contribution in [2.24, 2.45) is 5.73 Å². The van der Waals surface area contributed by atoms with E-state index in [1.165, 1.54) is 6.07 Å². The van der Waals surface area contributed by atoms with Crippen LogP contribution in [-0.4, -0.2) is 6.03 Å². The molecule has 0 fully saturated rings. The van der Waals surface area contributed by atoms with Crippen LogP contribution in [0, 0.1) is 12.7 Å². The largest absolute Gasteiger partial charge is 0.334 e. The number of rotatable bonds is 4. The van der Waals surface area contributed by atoms with Crippen molar-refractivity contribution in [2.75, 3.05) is 5.32 Å². The smallest absolute Gasteiger partial charge is 0.319 e. The predicted molar refractivity (Wildman–Crippen MR) is 81.3 cm³/mol. The zero-order valence-corrected chi connectivity index (χ0v) is 11.8. The quantitative estimate of drug-likeness (QED) is 0.809. The molecule has 2 amide bonds. The second kappa shape index (κ2) is 6.85. The molecule has 0 spiro atoms. The molecule has 110 valence electrons. The fourth-order valence-corrected chi connectivity index (χ4v) is 1.93. The third kappa shape index (κ3) is 4.29. The van der Waals surface area contributed by atoms with Gasteiger partial charge in [0.1, 0.15) is 5.82 Å². The predicted octanol–water partition coefficient (Wildman–Crippen LogP) is 2.91. The molecule has 21 heavy (non-hydrogen) atoms. The second-order valence-electron chi connectivity index (χ2n) is 4.81. The van der Waals surface area contributed by atoms with E-state index < -0.39 is 0 Å². The highest BCUT2D eigenvalue weighted by Gasteiger charge is 2.06. The van der Waals surface area contributed by atoms with Gasteiger partial charge in [-0.3, -0.25) is 0 Å².